The predicted octanol–water partition coefficient (Wildman–Crippen LogP) is 4.03. The largest absolute Gasteiger partial charge is 0.351 e. The lowest BCUT2D eigenvalue weighted by atomic mass is 10.0. The monoisotopic (exact) mass is 291 g/mol. The molecule has 0 rings (SSSR count). The van der Waals surface area contributed by atoms with Gasteiger partial charge in [0.1, 0.15) is 0 Å². The minimum Gasteiger partial charge on any atom is -0.351 e. The summed E-state index contributed by atoms with van der Waals surface area (Å²) >= 11 is 3.40. The summed E-state index contributed by atoms with van der Waals surface area (Å²) in [5, 5.41) is 4.01. The first-order valence-corrected chi connectivity index (χ1v) is 7.51. The molecule has 0 aliphatic carbocycles. The van der Waals surface area contributed by atoms with Crippen molar-refractivity contribution in [3.63, 3.8) is 0 Å². The minimum absolute atomic E-state index is 0.0794. The van der Waals surface area contributed by atoms with Gasteiger partial charge in [-0.15, -0.1) is 0 Å². The van der Waals surface area contributed by atoms with Crippen molar-refractivity contribution in [2.45, 2.75) is 71.3 Å². The van der Waals surface area contributed by atoms with E-state index in [2.05, 4.69) is 42.0 Å². The highest BCUT2D eigenvalue weighted by molar-refractivity contribution is 9.09. The van der Waals surface area contributed by atoms with Crippen LogP contribution in [0.2, 0.25) is 0 Å². The van der Waals surface area contributed by atoms with E-state index in [1.807, 2.05) is 0 Å². The Morgan fingerprint density at radius 3 is 2.38 bits per heavy atom. The summed E-state index contributed by atoms with van der Waals surface area (Å²) < 4.78 is 0. The molecule has 0 saturated heterocycles. The maximum atomic E-state index is 11.6. The van der Waals surface area contributed by atoms with Gasteiger partial charge >= 0.3 is 0 Å². The molecule has 16 heavy (non-hydrogen) atoms. The molecule has 0 aromatic heterocycles. The molecule has 3 heteroatoms. The average Bonchev–Trinajstić information content (AvgIpc) is 2.16. The van der Waals surface area contributed by atoms with Gasteiger partial charge < -0.3 is 5.32 Å². The quantitative estimate of drug-likeness (QED) is 0.504. The van der Waals surface area contributed by atoms with E-state index in [4.69, 9.17) is 0 Å². The molecule has 0 aromatic rings. The second-order valence-corrected chi connectivity index (χ2v) is 5.83. The summed E-state index contributed by atoms with van der Waals surface area (Å²) in [6.07, 6.45) is 7.65. The van der Waals surface area contributed by atoms with Gasteiger partial charge in [0.05, 0.1) is 0 Å². The van der Waals surface area contributed by atoms with Crippen molar-refractivity contribution in [1.82, 2.24) is 5.32 Å². The number of hydrogen-bond donors (Lipinski definition) is 1. The van der Waals surface area contributed by atoms with E-state index >= 15 is 0 Å². The van der Waals surface area contributed by atoms with Crippen LogP contribution in [0.25, 0.3) is 0 Å². The smallest absolute Gasteiger partial charge is 0.220 e. The van der Waals surface area contributed by atoms with Gasteiger partial charge in [-0.25, -0.2) is 0 Å². The number of unbranched alkanes of at least 4 members (excludes halogenated alkanes) is 4. The molecular formula is C13H26BrNO. The molecule has 0 atom stereocenters. The predicted molar refractivity (Wildman–Crippen MR) is 74.0 cm³/mol. The molecule has 0 aromatic carbocycles. The normalized spacial score (nSPS) is 11.5. The van der Waals surface area contributed by atoms with Crippen LogP contribution in [0, 0.1) is 0 Å². The molecule has 1 amide bonds. The first-order chi connectivity index (χ1) is 7.52. The van der Waals surface area contributed by atoms with Crippen LogP contribution in [0.1, 0.15) is 65.7 Å². The Labute approximate surface area is 109 Å². The highest BCUT2D eigenvalue weighted by atomic mass is 79.9. The summed E-state index contributed by atoms with van der Waals surface area (Å²) in [5.41, 5.74) is -0.0794. The third-order valence-corrected chi connectivity index (χ3v) is 3.10. The lowest BCUT2D eigenvalue weighted by Gasteiger charge is -2.25. The lowest BCUT2D eigenvalue weighted by molar-refractivity contribution is -0.122. The Hall–Kier alpha value is -0.0500. The minimum atomic E-state index is -0.0794. The van der Waals surface area contributed by atoms with Crippen LogP contribution in [-0.2, 0) is 4.79 Å². The molecule has 1 N–H and O–H groups in total. The van der Waals surface area contributed by atoms with Crippen LogP contribution >= 0.6 is 15.9 Å². The van der Waals surface area contributed by atoms with Crippen LogP contribution < -0.4 is 5.32 Å². The molecule has 0 fully saturated rings. The third-order valence-electron chi connectivity index (χ3n) is 2.70. The van der Waals surface area contributed by atoms with E-state index in [0.29, 0.717) is 6.42 Å². The number of amides is 1. The van der Waals surface area contributed by atoms with Gasteiger partial charge in [-0.1, -0.05) is 48.5 Å². The highest BCUT2D eigenvalue weighted by Gasteiger charge is 2.18. The summed E-state index contributed by atoms with van der Waals surface area (Å²) in [5.74, 6) is 0.197. The second-order valence-electron chi connectivity index (χ2n) is 5.04. The Kier molecular flexibility index (Phi) is 9.00. The van der Waals surface area contributed by atoms with Gasteiger partial charge in [0.15, 0.2) is 0 Å². The summed E-state index contributed by atoms with van der Waals surface area (Å²) in [6.45, 7) is 6.35. The van der Waals surface area contributed by atoms with Crippen LogP contribution in [0.4, 0.5) is 0 Å². The van der Waals surface area contributed by atoms with E-state index in [1.54, 1.807) is 0 Å². The molecule has 0 heterocycles. The number of carbonyl (C=O) groups excluding carboxylic acids is 1. The summed E-state index contributed by atoms with van der Waals surface area (Å²) in [4.78, 5) is 11.6. The van der Waals surface area contributed by atoms with E-state index in [1.165, 1.54) is 25.7 Å². The van der Waals surface area contributed by atoms with Gasteiger partial charge in [-0.2, -0.15) is 0 Å². The Morgan fingerprint density at radius 2 is 1.81 bits per heavy atom. The number of halogens is 1. The van der Waals surface area contributed by atoms with Gasteiger partial charge in [0, 0.05) is 17.3 Å². The van der Waals surface area contributed by atoms with E-state index in [-0.39, 0.29) is 11.4 Å². The fourth-order valence-electron chi connectivity index (χ4n) is 1.63. The SMILES string of the molecule is CCCCCCCC(=O)NC(C)(C)CCBr. The highest BCUT2D eigenvalue weighted by Crippen LogP contribution is 2.11. The van der Waals surface area contributed by atoms with Crippen molar-refractivity contribution < 1.29 is 4.79 Å². The maximum Gasteiger partial charge on any atom is 0.220 e. The number of carbonyl (C=O) groups is 1. The molecule has 0 bridgehead atoms. The fraction of sp³-hybridized carbons (Fsp3) is 0.923. The molecule has 0 spiro atoms. The Morgan fingerprint density at radius 1 is 1.19 bits per heavy atom. The van der Waals surface area contributed by atoms with Gasteiger partial charge in [0.2, 0.25) is 5.91 Å². The molecule has 0 radical (unpaired) electrons. The van der Waals surface area contributed by atoms with Crippen molar-refractivity contribution >= 4 is 21.8 Å². The molecule has 0 saturated carbocycles. The van der Waals surface area contributed by atoms with Crippen LogP contribution in [-0.4, -0.2) is 16.8 Å². The standard InChI is InChI=1S/C13H26BrNO/c1-4-5-6-7-8-9-12(16)15-13(2,3)10-11-14/h4-11H2,1-3H3,(H,15,16). The Bertz CT molecular complexity index is 192. The number of alkyl halides is 1. The van der Waals surface area contributed by atoms with E-state index < -0.39 is 0 Å². The topological polar surface area (TPSA) is 29.1 Å². The van der Waals surface area contributed by atoms with Crippen molar-refractivity contribution in [1.29, 1.82) is 0 Å². The molecule has 0 aliphatic heterocycles. The van der Waals surface area contributed by atoms with E-state index in [9.17, 15) is 4.79 Å². The fourth-order valence-corrected chi connectivity index (χ4v) is 2.62. The van der Waals surface area contributed by atoms with Gasteiger partial charge in [0.25, 0.3) is 0 Å². The molecule has 0 unspecified atom stereocenters. The van der Waals surface area contributed by atoms with Crippen LogP contribution in [0.5, 0.6) is 0 Å². The van der Waals surface area contributed by atoms with Gasteiger partial charge in [-0.05, 0) is 26.7 Å². The zero-order valence-corrected chi connectivity index (χ0v) is 12.5. The summed E-state index contributed by atoms with van der Waals surface area (Å²) in [6, 6.07) is 0. The first kappa shape index (κ1) is 16.0. The first-order valence-electron chi connectivity index (χ1n) is 6.39. The van der Waals surface area contributed by atoms with Crippen LogP contribution in [0.3, 0.4) is 0 Å². The third kappa shape index (κ3) is 9.20. The Balaban J connectivity index is 3.58. The second kappa shape index (κ2) is 9.03. The van der Waals surface area contributed by atoms with Crippen LogP contribution in [0.15, 0.2) is 0 Å². The molecule has 2 nitrogen and oxygen atoms in total. The molecular weight excluding hydrogens is 266 g/mol. The lowest BCUT2D eigenvalue weighted by Crippen LogP contribution is -2.43. The van der Waals surface area contributed by atoms with Crippen molar-refractivity contribution in [2.24, 2.45) is 0 Å². The van der Waals surface area contributed by atoms with Crippen molar-refractivity contribution in [2.75, 3.05) is 5.33 Å². The zero-order chi connectivity index (χ0) is 12.4. The average molecular weight is 292 g/mol. The summed E-state index contributed by atoms with van der Waals surface area (Å²) in [7, 11) is 0. The molecule has 0 aliphatic rings. The number of hydrogen-bond acceptors (Lipinski definition) is 1. The van der Waals surface area contributed by atoms with Gasteiger partial charge in [-0.3, -0.25) is 4.79 Å². The molecule has 96 valence electrons. The zero-order valence-electron chi connectivity index (χ0n) is 10.9. The van der Waals surface area contributed by atoms with Crippen molar-refractivity contribution in [3.8, 4) is 0 Å². The van der Waals surface area contributed by atoms with E-state index in [0.717, 1.165) is 18.2 Å². The van der Waals surface area contributed by atoms with Crippen molar-refractivity contribution in [3.05, 3.63) is 0 Å². The number of nitrogens with one attached hydrogen (secondary N) is 1. The maximum absolute atomic E-state index is 11.6. The number of rotatable bonds is 9.